The molecule has 0 unspecified atom stereocenters. The Morgan fingerprint density at radius 3 is 2.79 bits per heavy atom. The van der Waals surface area contributed by atoms with Gasteiger partial charge in [0.25, 0.3) is 5.56 Å². The molecule has 1 fully saturated rings. The Morgan fingerprint density at radius 1 is 1.42 bits per heavy atom. The van der Waals surface area contributed by atoms with Gasteiger partial charge in [0.15, 0.2) is 0 Å². The van der Waals surface area contributed by atoms with Crippen molar-refractivity contribution in [2.75, 3.05) is 5.32 Å². The van der Waals surface area contributed by atoms with Gasteiger partial charge >= 0.3 is 5.97 Å². The summed E-state index contributed by atoms with van der Waals surface area (Å²) in [6.07, 6.45) is 4.40. The van der Waals surface area contributed by atoms with Crippen molar-refractivity contribution in [1.82, 2.24) is 4.57 Å². The minimum atomic E-state index is -0.948. The number of carbonyl (C=O) groups is 1. The lowest BCUT2D eigenvalue weighted by molar-refractivity contribution is -0.131. The summed E-state index contributed by atoms with van der Waals surface area (Å²) < 4.78 is 1.48. The third-order valence-electron chi connectivity index (χ3n) is 4.45. The molecule has 0 saturated heterocycles. The lowest BCUT2D eigenvalue weighted by Gasteiger charge is -2.35. The topological polar surface area (TPSA) is 95.1 Å². The Hall–Kier alpha value is -3.07. The number of nitriles is 1. The number of pyridine rings is 1. The van der Waals surface area contributed by atoms with Crippen LogP contribution in [0.1, 0.15) is 18.4 Å². The summed E-state index contributed by atoms with van der Waals surface area (Å²) in [4.78, 5) is 22.9. The van der Waals surface area contributed by atoms with E-state index in [1.807, 2.05) is 30.3 Å². The van der Waals surface area contributed by atoms with Gasteiger partial charge in [-0.05, 0) is 24.8 Å². The first-order chi connectivity index (χ1) is 11.5. The van der Waals surface area contributed by atoms with E-state index < -0.39 is 5.97 Å². The lowest BCUT2D eigenvalue weighted by Crippen LogP contribution is -2.36. The van der Waals surface area contributed by atoms with Crippen LogP contribution in [0.3, 0.4) is 0 Å². The number of anilines is 1. The van der Waals surface area contributed by atoms with Crippen LogP contribution in [0.25, 0.3) is 10.9 Å². The highest BCUT2D eigenvalue weighted by Crippen LogP contribution is 2.34. The summed E-state index contributed by atoms with van der Waals surface area (Å²) in [6.45, 7) is 0. The van der Waals surface area contributed by atoms with Crippen LogP contribution in [0.4, 0.5) is 5.69 Å². The maximum atomic E-state index is 12.4. The summed E-state index contributed by atoms with van der Waals surface area (Å²) in [5.74, 6) is -0.738. The second-order valence-electron chi connectivity index (χ2n) is 6.01. The largest absolute Gasteiger partial charge is 0.478 e. The van der Waals surface area contributed by atoms with Crippen LogP contribution in [0.15, 0.2) is 41.2 Å². The van der Waals surface area contributed by atoms with Crippen molar-refractivity contribution in [2.24, 2.45) is 13.0 Å². The number of hydrogen-bond acceptors (Lipinski definition) is 4. The number of allylic oxidation sites excluding steroid dienone is 1. The number of fused-ring (bicyclic) bond motifs is 1. The molecule has 1 aromatic heterocycles. The summed E-state index contributed by atoms with van der Waals surface area (Å²) >= 11 is 0. The van der Waals surface area contributed by atoms with Crippen molar-refractivity contribution in [3.63, 3.8) is 0 Å². The van der Waals surface area contributed by atoms with E-state index in [-0.39, 0.29) is 23.1 Å². The first-order valence-electron chi connectivity index (χ1n) is 7.70. The molecule has 2 aromatic rings. The number of nitrogens with zero attached hydrogens (tertiary/aromatic N) is 2. The molecule has 2 N–H and O–H groups in total. The van der Waals surface area contributed by atoms with Crippen LogP contribution in [0.2, 0.25) is 0 Å². The number of nitrogens with one attached hydrogen (secondary N) is 1. The Kier molecular flexibility index (Phi) is 4.09. The van der Waals surface area contributed by atoms with Gasteiger partial charge in [-0.1, -0.05) is 24.3 Å². The van der Waals surface area contributed by atoms with Crippen LogP contribution in [-0.4, -0.2) is 21.7 Å². The zero-order valence-electron chi connectivity index (χ0n) is 13.2. The van der Waals surface area contributed by atoms with E-state index in [0.717, 1.165) is 29.8 Å². The fourth-order valence-corrected chi connectivity index (χ4v) is 3.11. The van der Waals surface area contributed by atoms with Crippen LogP contribution < -0.4 is 10.9 Å². The molecular weight excluding hydrogens is 306 g/mol. The van der Waals surface area contributed by atoms with Crippen LogP contribution in [0, 0.1) is 17.2 Å². The first-order valence-corrected chi connectivity index (χ1v) is 7.70. The average Bonchev–Trinajstić information content (AvgIpc) is 2.53. The molecule has 122 valence electrons. The maximum absolute atomic E-state index is 12.4. The van der Waals surface area contributed by atoms with Crippen LogP contribution in [0.5, 0.6) is 0 Å². The number of benzene rings is 1. The Balaban J connectivity index is 1.91. The van der Waals surface area contributed by atoms with E-state index in [1.165, 1.54) is 4.57 Å². The van der Waals surface area contributed by atoms with E-state index in [1.54, 1.807) is 13.1 Å². The quantitative estimate of drug-likeness (QED) is 0.841. The molecule has 0 radical (unpaired) electrons. The predicted octanol–water partition coefficient (Wildman–Crippen LogP) is 2.24. The number of aryl methyl sites for hydroxylation is 1. The molecule has 1 aromatic carbocycles. The third-order valence-corrected chi connectivity index (χ3v) is 4.45. The number of hydrogen-bond donors (Lipinski definition) is 2. The number of rotatable bonds is 4. The second-order valence-corrected chi connectivity index (χ2v) is 6.01. The summed E-state index contributed by atoms with van der Waals surface area (Å²) in [6, 6.07) is 9.60. The average molecular weight is 323 g/mol. The third kappa shape index (κ3) is 2.76. The van der Waals surface area contributed by atoms with E-state index in [4.69, 9.17) is 5.11 Å². The first kappa shape index (κ1) is 15.8. The highest BCUT2D eigenvalue weighted by molar-refractivity contribution is 5.94. The van der Waals surface area contributed by atoms with Crippen molar-refractivity contribution in [3.8, 4) is 6.07 Å². The van der Waals surface area contributed by atoms with Gasteiger partial charge in [0, 0.05) is 24.6 Å². The van der Waals surface area contributed by atoms with Gasteiger partial charge in [0.05, 0.1) is 11.2 Å². The molecule has 1 saturated carbocycles. The second kappa shape index (κ2) is 6.20. The standard InChI is InChI=1S/C18H17N3O3/c1-21-15-5-3-2-4-13(15)17(14(10-19)18(21)24)20-12-8-11(9-12)6-7-16(22)23/h2-7,11-12,20H,8-9H2,1H3,(H,22,23). The molecule has 6 nitrogen and oxygen atoms in total. The maximum Gasteiger partial charge on any atom is 0.327 e. The molecule has 6 heteroatoms. The molecule has 3 rings (SSSR count). The summed E-state index contributed by atoms with van der Waals surface area (Å²) in [5, 5.41) is 22.2. The van der Waals surface area contributed by atoms with Gasteiger partial charge in [0.2, 0.25) is 0 Å². The molecule has 0 aliphatic heterocycles. The van der Waals surface area contributed by atoms with Gasteiger partial charge in [-0.3, -0.25) is 4.79 Å². The minimum Gasteiger partial charge on any atom is -0.478 e. The molecular formula is C18H17N3O3. The van der Waals surface area contributed by atoms with Crippen LogP contribution in [-0.2, 0) is 11.8 Å². The van der Waals surface area contributed by atoms with Crippen molar-refractivity contribution in [2.45, 2.75) is 18.9 Å². The monoisotopic (exact) mass is 323 g/mol. The van der Waals surface area contributed by atoms with Crippen molar-refractivity contribution in [1.29, 1.82) is 5.26 Å². The molecule has 0 bridgehead atoms. The molecule has 0 amide bonds. The molecule has 0 atom stereocenters. The van der Waals surface area contributed by atoms with Gasteiger partial charge in [-0.15, -0.1) is 0 Å². The van der Waals surface area contributed by atoms with Gasteiger partial charge in [0.1, 0.15) is 11.6 Å². The Bertz CT molecular complexity index is 931. The van der Waals surface area contributed by atoms with Crippen molar-refractivity contribution >= 4 is 22.6 Å². The highest BCUT2D eigenvalue weighted by Gasteiger charge is 2.29. The summed E-state index contributed by atoms with van der Waals surface area (Å²) in [7, 11) is 1.66. The number of carboxylic acids is 1. The summed E-state index contributed by atoms with van der Waals surface area (Å²) in [5.41, 5.74) is 1.13. The molecule has 1 aliphatic carbocycles. The number of aromatic nitrogens is 1. The molecule has 1 heterocycles. The van der Waals surface area contributed by atoms with Crippen molar-refractivity contribution < 1.29 is 9.90 Å². The zero-order chi connectivity index (χ0) is 17.3. The molecule has 1 aliphatic rings. The molecule has 0 spiro atoms. The van der Waals surface area contributed by atoms with Gasteiger partial charge < -0.3 is 15.0 Å². The fraction of sp³-hybridized carbons (Fsp3) is 0.278. The van der Waals surface area contributed by atoms with E-state index in [2.05, 4.69) is 5.32 Å². The fourth-order valence-electron chi connectivity index (χ4n) is 3.11. The smallest absolute Gasteiger partial charge is 0.327 e. The molecule has 24 heavy (non-hydrogen) atoms. The lowest BCUT2D eigenvalue weighted by atomic mass is 9.80. The number of para-hydroxylation sites is 1. The van der Waals surface area contributed by atoms with Crippen molar-refractivity contribution in [3.05, 3.63) is 52.3 Å². The van der Waals surface area contributed by atoms with E-state index in [9.17, 15) is 14.9 Å². The Labute approximate surface area is 138 Å². The predicted molar refractivity (Wildman–Crippen MR) is 90.8 cm³/mol. The normalized spacial score (nSPS) is 19.8. The number of carboxylic acid groups (broad SMARTS) is 1. The van der Waals surface area contributed by atoms with E-state index >= 15 is 0 Å². The SMILES string of the molecule is Cn1c(=O)c(C#N)c(NC2CC(C=CC(=O)O)C2)c2ccccc21. The van der Waals surface area contributed by atoms with Crippen LogP contribution >= 0.6 is 0 Å². The zero-order valence-corrected chi connectivity index (χ0v) is 13.2. The number of aliphatic carboxylic acids is 1. The van der Waals surface area contributed by atoms with Gasteiger partial charge in [-0.2, -0.15) is 5.26 Å². The van der Waals surface area contributed by atoms with Gasteiger partial charge in [-0.25, -0.2) is 4.79 Å². The Morgan fingerprint density at radius 2 is 2.12 bits per heavy atom. The highest BCUT2D eigenvalue weighted by atomic mass is 16.4. The van der Waals surface area contributed by atoms with E-state index in [0.29, 0.717) is 5.69 Å². The minimum absolute atomic E-state index is 0.112.